The topological polar surface area (TPSA) is 21.3 Å². The minimum atomic E-state index is 0.163. The van der Waals surface area contributed by atoms with Crippen LogP contribution in [0.25, 0.3) is 0 Å². The molecule has 2 unspecified atom stereocenters. The first-order chi connectivity index (χ1) is 5.70. The van der Waals surface area contributed by atoms with E-state index in [1.54, 1.807) is 0 Å². The van der Waals surface area contributed by atoms with Crippen molar-refractivity contribution in [1.82, 2.24) is 5.32 Å². The second kappa shape index (κ2) is 4.49. The Kier molecular flexibility index (Phi) is 3.87. The van der Waals surface area contributed by atoms with E-state index in [1.807, 2.05) is 18.7 Å². The van der Waals surface area contributed by atoms with Crippen molar-refractivity contribution in [1.29, 1.82) is 0 Å². The maximum absolute atomic E-state index is 5.43. The molecule has 0 amide bonds. The molecule has 1 N–H and O–H groups in total. The summed E-state index contributed by atoms with van der Waals surface area (Å²) in [4.78, 5) is 0.163. The Balaban J connectivity index is 2.31. The van der Waals surface area contributed by atoms with E-state index in [0.717, 1.165) is 13.2 Å². The van der Waals surface area contributed by atoms with Crippen molar-refractivity contribution in [2.45, 2.75) is 38.1 Å². The Bertz CT molecular complexity index is 142. The zero-order valence-electron chi connectivity index (χ0n) is 8.22. The Morgan fingerprint density at radius 1 is 1.58 bits per heavy atom. The molecule has 12 heavy (non-hydrogen) atoms. The van der Waals surface area contributed by atoms with Gasteiger partial charge in [-0.3, -0.25) is 5.32 Å². The number of hydrogen-bond acceptors (Lipinski definition) is 3. The van der Waals surface area contributed by atoms with Gasteiger partial charge in [-0.2, -0.15) is 0 Å². The highest BCUT2D eigenvalue weighted by molar-refractivity contribution is 8.00. The van der Waals surface area contributed by atoms with Crippen molar-refractivity contribution in [2.75, 3.05) is 19.0 Å². The van der Waals surface area contributed by atoms with Crippen LogP contribution in [0.2, 0.25) is 0 Å². The minimum Gasteiger partial charge on any atom is -0.379 e. The monoisotopic (exact) mass is 189 g/mol. The van der Waals surface area contributed by atoms with E-state index in [1.165, 1.54) is 12.2 Å². The second-order valence-electron chi connectivity index (χ2n) is 3.43. The molecule has 1 rings (SSSR count). The molecule has 0 aliphatic carbocycles. The summed E-state index contributed by atoms with van der Waals surface area (Å²) in [6.07, 6.45) is 1.22. The predicted molar refractivity (Wildman–Crippen MR) is 54.6 cm³/mol. The van der Waals surface area contributed by atoms with Gasteiger partial charge in [-0.15, -0.1) is 11.8 Å². The van der Waals surface area contributed by atoms with Gasteiger partial charge in [0.15, 0.2) is 0 Å². The fraction of sp³-hybridized carbons (Fsp3) is 1.00. The SMILES string of the molecule is CCOCC1(C)NC(CC)CS1. The fourth-order valence-electron chi connectivity index (χ4n) is 1.40. The van der Waals surface area contributed by atoms with Crippen LogP contribution in [-0.4, -0.2) is 29.9 Å². The molecule has 1 heterocycles. The number of rotatable bonds is 4. The van der Waals surface area contributed by atoms with Gasteiger partial charge >= 0.3 is 0 Å². The van der Waals surface area contributed by atoms with Crippen LogP contribution in [0.1, 0.15) is 27.2 Å². The molecule has 0 aromatic rings. The van der Waals surface area contributed by atoms with Gasteiger partial charge in [0, 0.05) is 18.4 Å². The molecule has 0 saturated carbocycles. The molecule has 0 bridgehead atoms. The zero-order chi connectivity index (χ0) is 9.03. The molecule has 1 fully saturated rings. The Labute approximate surface area is 79.4 Å². The van der Waals surface area contributed by atoms with E-state index in [9.17, 15) is 0 Å². The summed E-state index contributed by atoms with van der Waals surface area (Å²) in [7, 11) is 0. The summed E-state index contributed by atoms with van der Waals surface area (Å²) < 4.78 is 5.43. The molecule has 3 heteroatoms. The normalized spacial score (nSPS) is 35.8. The van der Waals surface area contributed by atoms with Gasteiger partial charge in [0.2, 0.25) is 0 Å². The average molecular weight is 189 g/mol. The van der Waals surface area contributed by atoms with Gasteiger partial charge in [0.25, 0.3) is 0 Å². The first-order valence-corrected chi connectivity index (χ1v) is 5.68. The van der Waals surface area contributed by atoms with Crippen LogP contribution in [0.4, 0.5) is 0 Å². The minimum absolute atomic E-state index is 0.163. The third-order valence-corrected chi connectivity index (χ3v) is 3.63. The molecule has 0 aromatic heterocycles. The molecule has 1 saturated heterocycles. The van der Waals surface area contributed by atoms with Gasteiger partial charge in [-0.05, 0) is 20.3 Å². The lowest BCUT2D eigenvalue weighted by Crippen LogP contribution is -2.42. The first kappa shape index (κ1) is 10.4. The molecule has 72 valence electrons. The highest BCUT2D eigenvalue weighted by Crippen LogP contribution is 2.31. The molecule has 2 nitrogen and oxygen atoms in total. The van der Waals surface area contributed by atoms with Crippen LogP contribution in [0.5, 0.6) is 0 Å². The molecule has 1 aliphatic rings. The summed E-state index contributed by atoms with van der Waals surface area (Å²) in [5.41, 5.74) is 0. The maximum atomic E-state index is 5.43. The van der Waals surface area contributed by atoms with Gasteiger partial charge in [0.1, 0.15) is 0 Å². The largest absolute Gasteiger partial charge is 0.379 e. The van der Waals surface area contributed by atoms with E-state index >= 15 is 0 Å². The van der Waals surface area contributed by atoms with E-state index in [0.29, 0.717) is 6.04 Å². The van der Waals surface area contributed by atoms with Crippen LogP contribution in [0.15, 0.2) is 0 Å². The van der Waals surface area contributed by atoms with Crippen molar-refractivity contribution in [3.8, 4) is 0 Å². The fourth-order valence-corrected chi connectivity index (χ4v) is 2.70. The Hall–Kier alpha value is 0.270. The molecule has 0 aromatic carbocycles. The van der Waals surface area contributed by atoms with Crippen molar-refractivity contribution in [3.63, 3.8) is 0 Å². The highest BCUT2D eigenvalue weighted by Gasteiger charge is 2.34. The van der Waals surface area contributed by atoms with Crippen molar-refractivity contribution in [2.24, 2.45) is 0 Å². The summed E-state index contributed by atoms with van der Waals surface area (Å²) in [6.45, 7) is 8.13. The number of nitrogens with one attached hydrogen (secondary N) is 1. The van der Waals surface area contributed by atoms with Gasteiger partial charge in [-0.1, -0.05) is 6.92 Å². The zero-order valence-corrected chi connectivity index (χ0v) is 9.04. The van der Waals surface area contributed by atoms with Crippen LogP contribution in [0.3, 0.4) is 0 Å². The van der Waals surface area contributed by atoms with E-state index in [2.05, 4.69) is 19.2 Å². The lowest BCUT2D eigenvalue weighted by atomic mass is 10.2. The Morgan fingerprint density at radius 3 is 2.83 bits per heavy atom. The average Bonchev–Trinajstić information content (AvgIpc) is 2.45. The van der Waals surface area contributed by atoms with E-state index in [-0.39, 0.29) is 4.87 Å². The predicted octanol–water partition coefficient (Wildman–Crippen LogP) is 1.85. The quantitative estimate of drug-likeness (QED) is 0.729. The van der Waals surface area contributed by atoms with E-state index in [4.69, 9.17) is 4.74 Å². The third-order valence-electron chi connectivity index (χ3n) is 2.19. The first-order valence-electron chi connectivity index (χ1n) is 4.69. The van der Waals surface area contributed by atoms with Crippen LogP contribution < -0.4 is 5.32 Å². The summed E-state index contributed by atoms with van der Waals surface area (Å²) in [5.74, 6) is 1.22. The maximum Gasteiger partial charge on any atom is 0.0855 e. The van der Waals surface area contributed by atoms with E-state index < -0.39 is 0 Å². The summed E-state index contributed by atoms with van der Waals surface area (Å²) in [6, 6.07) is 0.681. The molecular formula is C9H19NOS. The van der Waals surface area contributed by atoms with Crippen LogP contribution >= 0.6 is 11.8 Å². The smallest absolute Gasteiger partial charge is 0.0855 e. The number of ether oxygens (including phenoxy) is 1. The molecule has 0 spiro atoms. The molecule has 0 radical (unpaired) electrons. The third kappa shape index (κ3) is 2.64. The second-order valence-corrected chi connectivity index (χ2v) is 4.95. The van der Waals surface area contributed by atoms with Crippen molar-refractivity contribution < 1.29 is 4.74 Å². The van der Waals surface area contributed by atoms with Crippen LogP contribution in [0, 0.1) is 0 Å². The summed E-state index contributed by atoms with van der Waals surface area (Å²) >= 11 is 1.98. The highest BCUT2D eigenvalue weighted by atomic mass is 32.2. The molecule has 1 aliphatic heterocycles. The van der Waals surface area contributed by atoms with Gasteiger partial charge in [-0.25, -0.2) is 0 Å². The van der Waals surface area contributed by atoms with Crippen LogP contribution in [-0.2, 0) is 4.74 Å². The number of thioether (sulfide) groups is 1. The number of hydrogen-bond donors (Lipinski definition) is 1. The molecular weight excluding hydrogens is 170 g/mol. The standard InChI is InChI=1S/C9H19NOS/c1-4-8-6-12-9(3,10-8)7-11-5-2/h8,10H,4-7H2,1-3H3. The van der Waals surface area contributed by atoms with Crippen molar-refractivity contribution in [3.05, 3.63) is 0 Å². The van der Waals surface area contributed by atoms with Gasteiger partial charge < -0.3 is 4.74 Å². The lowest BCUT2D eigenvalue weighted by molar-refractivity contribution is 0.117. The molecule has 2 atom stereocenters. The van der Waals surface area contributed by atoms with Crippen molar-refractivity contribution >= 4 is 11.8 Å². The van der Waals surface area contributed by atoms with Gasteiger partial charge in [0.05, 0.1) is 11.5 Å². The lowest BCUT2D eigenvalue weighted by Gasteiger charge is -2.24. The Morgan fingerprint density at radius 2 is 2.33 bits per heavy atom. The summed E-state index contributed by atoms with van der Waals surface area (Å²) in [5, 5.41) is 3.59.